The molecule has 0 radical (unpaired) electrons. The van der Waals surface area contributed by atoms with E-state index >= 15 is 0 Å². The van der Waals surface area contributed by atoms with Gasteiger partial charge in [-0.2, -0.15) is 0 Å². The lowest BCUT2D eigenvalue weighted by Gasteiger charge is -2.25. The first kappa shape index (κ1) is 16.1. The molecule has 6 heteroatoms. The Morgan fingerprint density at radius 3 is 2.05 bits per heavy atom. The monoisotopic (exact) mass is 282 g/mol. The third-order valence-electron chi connectivity index (χ3n) is 2.88. The van der Waals surface area contributed by atoms with Crippen molar-refractivity contribution in [2.45, 2.75) is 32.4 Å². The fourth-order valence-electron chi connectivity index (χ4n) is 2.14. The number of rotatable bonds is 6. The molecule has 20 heavy (non-hydrogen) atoms. The standard InChI is InChI=1S/C14H22N2O4/c1-14(2,20-13(16)17)7-9-5-11(18-3)10(8-15)12(6-9)19-4/h5-6H,7-8,15H2,1-4H3,(H2,16,17). The van der Waals surface area contributed by atoms with Crippen molar-refractivity contribution in [1.82, 2.24) is 0 Å². The number of hydrogen-bond donors (Lipinski definition) is 2. The SMILES string of the molecule is COc1cc(CC(C)(C)OC(N)=O)cc(OC)c1CN. The summed E-state index contributed by atoms with van der Waals surface area (Å²) in [4.78, 5) is 10.9. The Bertz CT molecular complexity index is 461. The van der Waals surface area contributed by atoms with Gasteiger partial charge in [-0.15, -0.1) is 0 Å². The first-order valence-electron chi connectivity index (χ1n) is 6.25. The van der Waals surface area contributed by atoms with Crippen molar-refractivity contribution in [3.05, 3.63) is 23.3 Å². The quantitative estimate of drug-likeness (QED) is 0.825. The zero-order valence-electron chi connectivity index (χ0n) is 12.4. The van der Waals surface area contributed by atoms with E-state index < -0.39 is 11.7 Å². The van der Waals surface area contributed by atoms with Crippen LogP contribution in [0.3, 0.4) is 0 Å². The first-order chi connectivity index (χ1) is 9.32. The number of benzene rings is 1. The number of ether oxygens (including phenoxy) is 3. The van der Waals surface area contributed by atoms with Gasteiger partial charge in [0.1, 0.15) is 17.1 Å². The molecule has 0 spiro atoms. The summed E-state index contributed by atoms with van der Waals surface area (Å²) in [5, 5.41) is 0. The van der Waals surface area contributed by atoms with Gasteiger partial charge in [-0.05, 0) is 31.5 Å². The van der Waals surface area contributed by atoms with Gasteiger partial charge in [-0.3, -0.25) is 0 Å². The highest BCUT2D eigenvalue weighted by Gasteiger charge is 2.23. The Morgan fingerprint density at radius 2 is 1.70 bits per heavy atom. The molecule has 0 aliphatic rings. The molecule has 0 aliphatic heterocycles. The molecule has 0 aliphatic carbocycles. The molecule has 6 nitrogen and oxygen atoms in total. The minimum Gasteiger partial charge on any atom is -0.496 e. The lowest BCUT2D eigenvalue weighted by Crippen LogP contribution is -2.33. The van der Waals surface area contributed by atoms with Gasteiger partial charge in [-0.1, -0.05) is 0 Å². The second-order valence-electron chi connectivity index (χ2n) is 5.04. The van der Waals surface area contributed by atoms with Crippen LogP contribution >= 0.6 is 0 Å². The van der Waals surface area contributed by atoms with Gasteiger partial charge >= 0.3 is 6.09 Å². The van der Waals surface area contributed by atoms with Crippen molar-refractivity contribution >= 4 is 6.09 Å². The molecule has 0 saturated carbocycles. The van der Waals surface area contributed by atoms with Gasteiger partial charge in [-0.25, -0.2) is 4.79 Å². The summed E-state index contributed by atoms with van der Waals surface area (Å²) in [7, 11) is 3.14. The highest BCUT2D eigenvalue weighted by atomic mass is 16.6. The average Bonchev–Trinajstić information content (AvgIpc) is 2.35. The fourth-order valence-corrected chi connectivity index (χ4v) is 2.14. The summed E-state index contributed by atoms with van der Waals surface area (Å²) in [6, 6.07) is 3.72. The highest BCUT2D eigenvalue weighted by molar-refractivity contribution is 5.65. The second kappa shape index (κ2) is 6.47. The highest BCUT2D eigenvalue weighted by Crippen LogP contribution is 2.32. The van der Waals surface area contributed by atoms with Crippen LogP contribution in [0.2, 0.25) is 0 Å². The molecule has 0 bridgehead atoms. The molecular formula is C14H22N2O4. The molecule has 0 heterocycles. The molecule has 0 aromatic heterocycles. The molecule has 1 aromatic carbocycles. The van der Waals surface area contributed by atoms with Crippen LogP contribution in [-0.4, -0.2) is 25.9 Å². The number of carbonyl (C=O) groups is 1. The molecule has 0 atom stereocenters. The maximum absolute atomic E-state index is 10.9. The molecule has 112 valence electrons. The molecule has 0 unspecified atom stereocenters. The van der Waals surface area contributed by atoms with Crippen molar-refractivity contribution < 1.29 is 19.0 Å². The van der Waals surface area contributed by atoms with Gasteiger partial charge in [0.05, 0.1) is 14.2 Å². The van der Waals surface area contributed by atoms with E-state index in [0.717, 1.165) is 11.1 Å². The Balaban J connectivity index is 3.10. The Morgan fingerprint density at radius 1 is 1.20 bits per heavy atom. The normalized spacial score (nSPS) is 11.1. The number of amides is 1. The van der Waals surface area contributed by atoms with Gasteiger partial charge in [0.25, 0.3) is 0 Å². The number of methoxy groups -OCH3 is 2. The van der Waals surface area contributed by atoms with Crippen LogP contribution in [-0.2, 0) is 17.7 Å². The number of hydrogen-bond acceptors (Lipinski definition) is 5. The Labute approximate surface area is 119 Å². The Hall–Kier alpha value is -1.95. The summed E-state index contributed by atoms with van der Waals surface area (Å²) < 4.78 is 15.7. The van der Waals surface area contributed by atoms with Crippen LogP contribution in [0.15, 0.2) is 12.1 Å². The number of nitrogens with two attached hydrogens (primary N) is 2. The van der Waals surface area contributed by atoms with E-state index in [0.29, 0.717) is 24.5 Å². The van der Waals surface area contributed by atoms with Crippen molar-refractivity contribution in [3.8, 4) is 11.5 Å². The van der Waals surface area contributed by atoms with Gasteiger partial charge < -0.3 is 25.7 Å². The summed E-state index contributed by atoms with van der Waals surface area (Å²) in [6.07, 6.45) is -0.319. The van der Waals surface area contributed by atoms with Gasteiger partial charge in [0, 0.05) is 18.5 Å². The van der Waals surface area contributed by atoms with Crippen molar-refractivity contribution in [3.63, 3.8) is 0 Å². The van der Waals surface area contributed by atoms with Crippen LogP contribution in [0.5, 0.6) is 11.5 Å². The van der Waals surface area contributed by atoms with Gasteiger partial charge in [0.2, 0.25) is 0 Å². The zero-order valence-corrected chi connectivity index (χ0v) is 12.4. The molecular weight excluding hydrogens is 260 g/mol. The third-order valence-corrected chi connectivity index (χ3v) is 2.88. The molecule has 1 amide bonds. The van der Waals surface area contributed by atoms with E-state index in [1.807, 2.05) is 12.1 Å². The largest absolute Gasteiger partial charge is 0.496 e. The van der Waals surface area contributed by atoms with Crippen molar-refractivity contribution in [2.75, 3.05) is 14.2 Å². The van der Waals surface area contributed by atoms with E-state index in [1.54, 1.807) is 28.1 Å². The van der Waals surface area contributed by atoms with E-state index in [9.17, 15) is 4.79 Å². The topological polar surface area (TPSA) is 96.8 Å². The van der Waals surface area contributed by atoms with E-state index in [4.69, 9.17) is 25.7 Å². The Kier molecular flexibility index (Phi) is 5.21. The van der Waals surface area contributed by atoms with Crippen LogP contribution in [0.4, 0.5) is 4.79 Å². The maximum Gasteiger partial charge on any atom is 0.405 e. The third kappa shape index (κ3) is 4.03. The number of primary amides is 1. The molecule has 1 rings (SSSR count). The van der Waals surface area contributed by atoms with E-state index in [-0.39, 0.29) is 0 Å². The molecule has 4 N–H and O–H groups in total. The predicted octanol–water partition coefficient (Wildman–Crippen LogP) is 1.58. The van der Waals surface area contributed by atoms with E-state index in [1.165, 1.54) is 0 Å². The second-order valence-corrected chi connectivity index (χ2v) is 5.04. The van der Waals surface area contributed by atoms with Crippen molar-refractivity contribution in [1.29, 1.82) is 0 Å². The summed E-state index contributed by atoms with van der Waals surface area (Å²) in [5.41, 5.74) is 11.7. The lowest BCUT2D eigenvalue weighted by molar-refractivity contribution is 0.0460. The lowest BCUT2D eigenvalue weighted by atomic mass is 9.96. The predicted molar refractivity (Wildman–Crippen MR) is 75.9 cm³/mol. The number of carbonyl (C=O) groups excluding carboxylic acids is 1. The van der Waals surface area contributed by atoms with Crippen LogP contribution in [0, 0.1) is 0 Å². The maximum atomic E-state index is 10.9. The minimum absolute atomic E-state index is 0.313. The average molecular weight is 282 g/mol. The summed E-state index contributed by atoms with van der Waals surface area (Å²) in [5.74, 6) is 1.30. The first-order valence-corrected chi connectivity index (χ1v) is 6.25. The summed E-state index contributed by atoms with van der Waals surface area (Å²) >= 11 is 0. The van der Waals surface area contributed by atoms with E-state index in [2.05, 4.69) is 0 Å². The zero-order chi connectivity index (χ0) is 15.3. The molecule has 0 fully saturated rings. The van der Waals surface area contributed by atoms with Crippen LogP contribution in [0.25, 0.3) is 0 Å². The minimum atomic E-state index is -0.799. The summed E-state index contributed by atoms with van der Waals surface area (Å²) in [6.45, 7) is 3.88. The van der Waals surface area contributed by atoms with Crippen LogP contribution in [0.1, 0.15) is 25.0 Å². The molecule has 0 saturated heterocycles. The smallest absolute Gasteiger partial charge is 0.405 e. The fraction of sp³-hybridized carbons (Fsp3) is 0.500. The van der Waals surface area contributed by atoms with Crippen LogP contribution < -0.4 is 20.9 Å². The molecule has 1 aromatic rings. The van der Waals surface area contributed by atoms with Gasteiger partial charge in [0.15, 0.2) is 0 Å². The van der Waals surface area contributed by atoms with Crippen molar-refractivity contribution in [2.24, 2.45) is 11.5 Å².